The van der Waals surface area contributed by atoms with E-state index in [1.165, 1.54) is 0 Å². The van der Waals surface area contributed by atoms with Crippen molar-refractivity contribution in [3.8, 4) is 17.7 Å². The molecule has 102 valence electrons. The van der Waals surface area contributed by atoms with Crippen molar-refractivity contribution in [3.63, 3.8) is 0 Å². The van der Waals surface area contributed by atoms with Gasteiger partial charge in [-0.3, -0.25) is 0 Å². The number of aromatic nitrogens is 1. The van der Waals surface area contributed by atoms with Crippen LogP contribution >= 0.6 is 0 Å². The van der Waals surface area contributed by atoms with Gasteiger partial charge in [-0.05, 0) is 37.2 Å². The first-order valence-electron chi connectivity index (χ1n) is 6.61. The number of hydrogen-bond donors (Lipinski definition) is 1. The topological polar surface area (TPSA) is 57.9 Å². The van der Waals surface area contributed by atoms with Crippen LogP contribution in [0.3, 0.4) is 0 Å². The molecular weight excluding hydrogens is 250 g/mol. The highest BCUT2D eigenvalue weighted by Crippen LogP contribution is 2.25. The van der Waals surface area contributed by atoms with E-state index in [0.29, 0.717) is 17.2 Å². The summed E-state index contributed by atoms with van der Waals surface area (Å²) in [5.41, 5.74) is 1.60. The molecule has 4 nitrogen and oxygen atoms in total. The van der Waals surface area contributed by atoms with Crippen molar-refractivity contribution >= 4 is 0 Å². The standard InChI is InChI=1S/C16H17N3O/c1-3-18-12(2)13-8-9-19-16(10-13)20-15-7-5-4-6-14(15)11-17/h4-10,12,18H,3H2,1-2H3. The molecule has 1 aromatic heterocycles. The van der Waals surface area contributed by atoms with E-state index in [-0.39, 0.29) is 6.04 Å². The van der Waals surface area contributed by atoms with E-state index in [4.69, 9.17) is 10.00 Å². The average molecular weight is 267 g/mol. The number of nitrogens with one attached hydrogen (secondary N) is 1. The van der Waals surface area contributed by atoms with Crippen molar-refractivity contribution in [2.24, 2.45) is 0 Å². The Morgan fingerprint density at radius 2 is 2.15 bits per heavy atom. The molecule has 0 spiro atoms. The summed E-state index contributed by atoms with van der Waals surface area (Å²) in [4.78, 5) is 4.19. The molecule has 0 saturated carbocycles. The highest BCUT2D eigenvalue weighted by molar-refractivity contribution is 5.44. The van der Waals surface area contributed by atoms with Gasteiger partial charge in [0.25, 0.3) is 0 Å². The van der Waals surface area contributed by atoms with Crippen LogP contribution in [0.25, 0.3) is 0 Å². The van der Waals surface area contributed by atoms with Crippen LogP contribution < -0.4 is 10.1 Å². The van der Waals surface area contributed by atoms with E-state index < -0.39 is 0 Å². The second-order valence-corrected chi connectivity index (χ2v) is 4.42. The van der Waals surface area contributed by atoms with Crippen LogP contribution in [-0.4, -0.2) is 11.5 Å². The molecular formula is C16H17N3O. The maximum absolute atomic E-state index is 9.05. The van der Waals surface area contributed by atoms with Gasteiger partial charge in [0.15, 0.2) is 0 Å². The van der Waals surface area contributed by atoms with Gasteiger partial charge in [0.2, 0.25) is 5.88 Å². The van der Waals surface area contributed by atoms with E-state index in [2.05, 4.69) is 30.2 Å². The largest absolute Gasteiger partial charge is 0.438 e. The Labute approximate surface area is 119 Å². The Hall–Kier alpha value is -2.38. The van der Waals surface area contributed by atoms with E-state index in [1.807, 2.05) is 24.3 Å². The Kier molecular flexibility index (Phi) is 4.70. The van der Waals surface area contributed by atoms with Crippen LogP contribution in [0.15, 0.2) is 42.6 Å². The van der Waals surface area contributed by atoms with Crippen molar-refractivity contribution in [3.05, 3.63) is 53.7 Å². The summed E-state index contributed by atoms with van der Waals surface area (Å²) >= 11 is 0. The predicted octanol–water partition coefficient (Wildman–Crippen LogP) is 3.42. The lowest BCUT2D eigenvalue weighted by Gasteiger charge is -2.13. The summed E-state index contributed by atoms with van der Waals surface area (Å²) in [6.45, 7) is 5.06. The minimum atomic E-state index is 0.233. The number of hydrogen-bond acceptors (Lipinski definition) is 4. The zero-order chi connectivity index (χ0) is 14.4. The van der Waals surface area contributed by atoms with Crippen LogP contribution in [0.5, 0.6) is 11.6 Å². The minimum absolute atomic E-state index is 0.233. The van der Waals surface area contributed by atoms with Gasteiger partial charge in [-0.15, -0.1) is 0 Å². The lowest BCUT2D eigenvalue weighted by atomic mass is 10.1. The summed E-state index contributed by atoms with van der Waals surface area (Å²) in [6, 6.07) is 13.3. The normalized spacial score (nSPS) is 11.7. The number of benzene rings is 1. The summed E-state index contributed by atoms with van der Waals surface area (Å²) in [6.07, 6.45) is 1.72. The molecule has 1 unspecified atom stereocenters. The molecule has 2 rings (SSSR count). The molecule has 0 aliphatic heterocycles. The van der Waals surface area contributed by atoms with Gasteiger partial charge in [-0.2, -0.15) is 5.26 Å². The van der Waals surface area contributed by atoms with Crippen molar-refractivity contribution in [1.29, 1.82) is 5.26 Å². The molecule has 0 radical (unpaired) electrons. The SMILES string of the molecule is CCNC(C)c1ccnc(Oc2ccccc2C#N)c1. The van der Waals surface area contributed by atoms with Gasteiger partial charge in [0.05, 0.1) is 5.56 Å². The molecule has 1 atom stereocenters. The van der Waals surface area contributed by atoms with Crippen LogP contribution in [0.1, 0.15) is 31.0 Å². The fourth-order valence-electron chi connectivity index (χ4n) is 1.93. The summed E-state index contributed by atoms with van der Waals surface area (Å²) < 4.78 is 5.71. The lowest BCUT2D eigenvalue weighted by Crippen LogP contribution is -2.17. The maximum Gasteiger partial charge on any atom is 0.219 e. The second-order valence-electron chi connectivity index (χ2n) is 4.42. The Balaban J connectivity index is 2.22. The summed E-state index contributed by atoms with van der Waals surface area (Å²) in [5.74, 6) is 1.02. The Morgan fingerprint density at radius 3 is 2.90 bits per heavy atom. The van der Waals surface area contributed by atoms with E-state index in [1.54, 1.807) is 18.3 Å². The molecule has 0 aliphatic rings. The van der Waals surface area contributed by atoms with Gasteiger partial charge in [-0.1, -0.05) is 19.1 Å². The van der Waals surface area contributed by atoms with Crippen LogP contribution in [0.2, 0.25) is 0 Å². The second kappa shape index (κ2) is 6.69. The van der Waals surface area contributed by atoms with Gasteiger partial charge >= 0.3 is 0 Å². The molecule has 4 heteroatoms. The molecule has 0 bridgehead atoms. The fourth-order valence-corrected chi connectivity index (χ4v) is 1.93. The molecule has 2 aromatic rings. The molecule has 1 N–H and O–H groups in total. The number of ether oxygens (including phenoxy) is 1. The van der Waals surface area contributed by atoms with Crippen molar-refractivity contribution in [2.45, 2.75) is 19.9 Å². The van der Waals surface area contributed by atoms with E-state index >= 15 is 0 Å². The quantitative estimate of drug-likeness (QED) is 0.901. The van der Waals surface area contributed by atoms with E-state index in [9.17, 15) is 0 Å². The molecule has 1 heterocycles. The fraction of sp³-hybridized carbons (Fsp3) is 0.250. The maximum atomic E-state index is 9.05. The Bertz CT molecular complexity index is 619. The minimum Gasteiger partial charge on any atom is -0.438 e. The third kappa shape index (κ3) is 3.34. The van der Waals surface area contributed by atoms with E-state index in [0.717, 1.165) is 12.1 Å². The third-order valence-corrected chi connectivity index (χ3v) is 2.99. The smallest absolute Gasteiger partial charge is 0.219 e. The highest BCUT2D eigenvalue weighted by Gasteiger charge is 2.08. The van der Waals surface area contributed by atoms with Gasteiger partial charge in [-0.25, -0.2) is 4.98 Å². The Morgan fingerprint density at radius 1 is 1.35 bits per heavy atom. The van der Waals surface area contributed by atoms with Gasteiger partial charge < -0.3 is 10.1 Å². The number of pyridine rings is 1. The molecule has 0 saturated heterocycles. The lowest BCUT2D eigenvalue weighted by molar-refractivity contribution is 0.459. The van der Waals surface area contributed by atoms with Crippen molar-refractivity contribution in [2.75, 3.05) is 6.54 Å². The molecule has 0 aliphatic carbocycles. The van der Waals surface area contributed by atoms with Crippen LogP contribution in [-0.2, 0) is 0 Å². The molecule has 20 heavy (non-hydrogen) atoms. The number of nitrogens with zero attached hydrogens (tertiary/aromatic N) is 2. The first kappa shape index (κ1) is 14.0. The summed E-state index contributed by atoms with van der Waals surface area (Å²) in [7, 11) is 0. The molecule has 1 aromatic carbocycles. The zero-order valence-corrected chi connectivity index (χ0v) is 11.6. The third-order valence-electron chi connectivity index (χ3n) is 2.99. The zero-order valence-electron chi connectivity index (χ0n) is 11.6. The number of para-hydroxylation sites is 1. The molecule has 0 amide bonds. The van der Waals surface area contributed by atoms with Crippen LogP contribution in [0, 0.1) is 11.3 Å². The first-order valence-corrected chi connectivity index (χ1v) is 6.61. The van der Waals surface area contributed by atoms with Crippen molar-refractivity contribution < 1.29 is 4.74 Å². The first-order chi connectivity index (χ1) is 9.74. The number of nitriles is 1. The van der Waals surface area contributed by atoms with Gasteiger partial charge in [0.1, 0.15) is 11.8 Å². The van der Waals surface area contributed by atoms with Crippen molar-refractivity contribution in [1.82, 2.24) is 10.3 Å². The highest BCUT2D eigenvalue weighted by atomic mass is 16.5. The molecule has 0 fully saturated rings. The monoisotopic (exact) mass is 267 g/mol. The van der Waals surface area contributed by atoms with Crippen LogP contribution in [0.4, 0.5) is 0 Å². The van der Waals surface area contributed by atoms with Gasteiger partial charge in [0, 0.05) is 18.3 Å². The number of rotatable bonds is 5. The summed E-state index contributed by atoms with van der Waals surface area (Å²) in [5, 5.41) is 12.4. The average Bonchev–Trinajstić information content (AvgIpc) is 2.48. The predicted molar refractivity (Wildman–Crippen MR) is 77.6 cm³/mol.